The summed E-state index contributed by atoms with van der Waals surface area (Å²) in [7, 11) is 3.44. The maximum atomic E-state index is 11.6. The Morgan fingerprint density at radius 3 is 2.78 bits per heavy atom. The Bertz CT molecular complexity index is 560. The molecule has 1 aliphatic carbocycles. The summed E-state index contributed by atoms with van der Waals surface area (Å²) in [6, 6.07) is 8.02. The third kappa shape index (κ3) is 3.13. The summed E-state index contributed by atoms with van der Waals surface area (Å²) >= 11 is 0. The number of carbonyl (C=O) groups excluding carboxylic acids is 1. The molecule has 0 bridgehead atoms. The second-order valence-corrected chi connectivity index (χ2v) is 6.71. The number of amides is 1. The van der Waals surface area contributed by atoms with E-state index in [0.29, 0.717) is 5.56 Å². The summed E-state index contributed by atoms with van der Waals surface area (Å²) in [6.45, 7) is 1.82. The van der Waals surface area contributed by atoms with E-state index in [1.54, 1.807) is 14.2 Å². The minimum absolute atomic E-state index is 0.0634. The molecule has 2 unspecified atom stereocenters. The van der Waals surface area contributed by atoms with Crippen LogP contribution in [-0.4, -0.2) is 54.4 Å². The van der Waals surface area contributed by atoms with Crippen molar-refractivity contribution in [2.75, 3.05) is 20.7 Å². The van der Waals surface area contributed by atoms with Crippen LogP contribution in [0.2, 0.25) is 0 Å². The lowest BCUT2D eigenvalue weighted by Gasteiger charge is -2.42. The number of hydrogen-bond acceptors (Lipinski definition) is 4. The van der Waals surface area contributed by atoms with E-state index in [-0.39, 0.29) is 23.7 Å². The first-order valence-electron chi connectivity index (χ1n) is 8.36. The lowest BCUT2D eigenvalue weighted by atomic mass is 9.79. The molecule has 2 fully saturated rings. The van der Waals surface area contributed by atoms with E-state index in [4.69, 9.17) is 4.74 Å². The van der Waals surface area contributed by atoms with Gasteiger partial charge in [-0.25, -0.2) is 0 Å². The summed E-state index contributed by atoms with van der Waals surface area (Å²) in [5, 5.41) is 12.7. The number of fused-ring (bicyclic) bond motifs is 1. The van der Waals surface area contributed by atoms with Gasteiger partial charge in [-0.3, -0.25) is 9.69 Å². The van der Waals surface area contributed by atoms with E-state index in [9.17, 15) is 9.90 Å². The summed E-state index contributed by atoms with van der Waals surface area (Å²) in [5.74, 6) is -0.0634. The number of hydrogen-bond donors (Lipinski definition) is 2. The average molecular weight is 318 g/mol. The predicted octanol–water partition coefficient (Wildman–Crippen LogP) is 1.55. The van der Waals surface area contributed by atoms with E-state index < -0.39 is 0 Å². The Kier molecular flexibility index (Phi) is 4.71. The van der Waals surface area contributed by atoms with Crippen molar-refractivity contribution in [3.05, 3.63) is 35.4 Å². The number of ether oxygens (including phenoxy) is 1. The quantitative estimate of drug-likeness (QED) is 0.884. The number of nitrogens with zero attached hydrogens (tertiary/aromatic N) is 1. The lowest BCUT2D eigenvalue weighted by Crippen LogP contribution is -2.51. The predicted molar refractivity (Wildman–Crippen MR) is 88.2 cm³/mol. The molecule has 1 saturated carbocycles. The molecule has 5 nitrogen and oxygen atoms in total. The zero-order valence-electron chi connectivity index (χ0n) is 13.9. The highest BCUT2D eigenvalue weighted by atomic mass is 16.5. The molecule has 1 amide bonds. The first kappa shape index (κ1) is 16.4. The molecule has 1 aromatic rings. The summed E-state index contributed by atoms with van der Waals surface area (Å²) in [6.07, 6.45) is 3.35. The highest BCUT2D eigenvalue weighted by molar-refractivity contribution is 5.93. The van der Waals surface area contributed by atoms with Gasteiger partial charge < -0.3 is 15.2 Å². The normalized spacial score (nSPS) is 30.9. The average Bonchev–Trinajstić information content (AvgIpc) is 2.93. The smallest absolute Gasteiger partial charge is 0.251 e. The third-order valence-electron chi connectivity index (χ3n) is 5.50. The number of rotatable bonds is 4. The summed E-state index contributed by atoms with van der Waals surface area (Å²) < 4.78 is 5.88. The van der Waals surface area contributed by atoms with E-state index >= 15 is 0 Å². The molecule has 0 spiro atoms. The van der Waals surface area contributed by atoms with Crippen LogP contribution in [-0.2, 0) is 11.3 Å². The van der Waals surface area contributed by atoms with Crippen molar-refractivity contribution < 1.29 is 14.6 Å². The van der Waals surface area contributed by atoms with Crippen molar-refractivity contribution >= 4 is 5.91 Å². The highest BCUT2D eigenvalue weighted by Crippen LogP contribution is 2.42. The zero-order chi connectivity index (χ0) is 16.4. The fraction of sp³-hybridized carbons (Fsp3) is 0.611. The Morgan fingerprint density at radius 2 is 2.13 bits per heavy atom. The van der Waals surface area contributed by atoms with Crippen LogP contribution in [0.3, 0.4) is 0 Å². The van der Waals surface area contributed by atoms with Crippen LogP contribution in [0.5, 0.6) is 0 Å². The van der Waals surface area contributed by atoms with Gasteiger partial charge in [-0.05, 0) is 43.4 Å². The fourth-order valence-electron chi connectivity index (χ4n) is 4.10. The maximum Gasteiger partial charge on any atom is 0.251 e. The first-order chi connectivity index (χ1) is 11.1. The molecule has 0 aromatic heterocycles. The number of methoxy groups -OCH3 is 1. The van der Waals surface area contributed by atoms with Gasteiger partial charge in [-0.15, -0.1) is 0 Å². The maximum absolute atomic E-state index is 11.6. The molecule has 23 heavy (non-hydrogen) atoms. The van der Waals surface area contributed by atoms with Crippen LogP contribution in [0.25, 0.3) is 0 Å². The first-order valence-corrected chi connectivity index (χ1v) is 8.36. The lowest BCUT2D eigenvalue weighted by molar-refractivity contribution is -0.0879. The number of aliphatic hydroxyl groups excluding tert-OH is 1. The molecule has 3 rings (SSSR count). The minimum atomic E-state index is -0.223. The Balaban J connectivity index is 1.71. The van der Waals surface area contributed by atoms with Crippen LogP contribution >= 0.6 is 0 Å². The Labute approximate surface area is 137 Å². The van der Waals surface area contributed by atoms with Crippen molar-refractivity contribution in [2.45, 2.75) is 50.0 Å². The monoisotopic (exact) mass is 318 g/mol. The van der Waals surface area contributed by atoms with Gasteiger partial charge in [0.15, 0.2) is 0 Å². The van der Waals surface area contributed by atoms with E-state index in [1.165, 1.54) is 5.56 Å². The molecule has 3 atom stereocenters. The highest BCUT2D eigenvalue weighted by Gasteiger charge is 2.50. The molecule has 1 aliphatic heterocycles. The summed E-state index contributed by atoms with van der Waals surface area (Å²) in [4.78, 5) is 14.0. The van der Waals surface area contributed by atoms with Crippen molar-refractivity contribution in [3.63, 3.8) is 0 Å². The number of nitrogens with one attached hydrogen (secondary N) is 1. The van der Waals surface area contributed by atoms with Crippen molar-refractivity contribution in [3.8, 4) is 0 Å². The van der Waals surface area contributed by atoms with Crippen LogP contribution in [0.1, 0.15) is 41.6 Å². The number of aliphatic hydroxyl groups is 1. The SMILES string of the molecule is CNC(=O)c1ccc(CN2CC[C@]3(OC)CCC(O)CC23)cc1. The van der Waals surface area contributed by atoms with Crippen molar-refractivity contribution in [1.29, 1.82) is 0 Å². The van der Waals surface area contributed by atoms with Crippen LogP contribution in [0.4, 0.5) is 0 Å². The van der Waals surface area contributed by atoms with Gasteiger partial charge >= 0.3 is 0 Å². The molecule has 2 aliphatic rings. The molecular weight excluding hydrogens is 292 g/mol. The number of benzene rings is 1. The standard InChI is InChI=1S/C18H26N2O3/c1-19-17(22)14-5-3-13(4-6-14)12-20-10-9-18(23-2)8-7-15(21)11-16(18)20/h3-6,15-16,21H,7-12H2,1-2H3,(H,19,22)/t15?,16?,18-/m1/s1. The minimum Gasteiger partial charge on any atom is -0.393 e. The Morgan fingerprint density at radius 1 is 1.39 bits per heavy atom. The van der Waals surface area contributed by atoms with Gasteiger partial charge in [-0.2, -0.15) is 0 Å². The van der Waals surface area contributed by atoms with Crippen LogP contribution < -0.4 is 5.32 Å². The molecule has 1 aromatic carbocycles. The fourth-order valence-corrected chi connectivity index (χ4v) is 4.10. The van der Waals surface area contributed by atoms with Gasteiger partial charge in [0.1, 0.15) is 0 Å². The number of carbonyl (C=O) groups is 1. The Hall–Kier alpha value is -1.43. The molecule has 0 radical (unpaired) electrons. The third-order valence-corrected chi connectivity index (χ3v) is 5.50. The van der Waals surface area contributed by atoms with E-state index in [1.807, 2.05) is 24.3 Å². The van der Waals surface area contributed by atoms with Gasteiger partial charge in [-0.1, -0.05) is 12.1 Å². The molecular formula is C18H26N2O3. The van der Waals surface area contributed by atoms with E-state index in [2.05, 4.69) is 10.2 Å². The summed E-state index contributed by atoms with van der Waals surface area (Å²) in [5.41, 5.74) is 1.77. The second kappa shape index (κ2) is 6.59. The van der Waals surface area contributed by atoms with Gasteiger partial charge in [0.2, 0.25) is 0 Å². The zero-order valence-corrected chi connectivity index (χ0v) is 13.9. The van der Waals surface area contributed by atoms with Gasteiger partial charge in [0.25, 0.3) is 5.91 Å². The topological polar surface area (TPSA) is 61.8 Å². The number of likely N-dealkylation sites (tertiary alicyclic amines) is 1. The van der Waals surface area contributed by atoms with Gasteiger partial charge in [0, 0.05) is 38.9 Å². The molecule has 1 heterocycles. The van der Waals surface area contributed by atoms with Crippen molar-refractivity contribution in [1.82, 2.24) is 10.2 Å². The second-order valence-electron chi connectivity index (χ2n) is 6.71. The van der Waals surface area contributed by atoms with Crippen LogP contribution in [0.15, 0.2) is 24.3 Å². The molecule has 2 N–H and O–H groups in total. The van der Waals surface area contributed by atoms with Gasteiger partial charge in [0.05, 0.1) is 11.7 Å². The van der Waals surface area contributed by atoms with E-state index in [0.717, 1.165) is 38.8 Å². The van der Waals surface area contributed by atoms with Crippen LogP contribution in [0, 0.1) is 0 Å². The van der Waals surface area contributed by atoms with Crippen molar-refractivity contribution in [2.24, 2.45) is 0 Å². The molecule has 126 valence electrons. The molecule has 1 saturated heterocycles. The molecule has 5 heteroatoms. The largest absolute Gasteiger partial charge is 0.393 e.